The van der Waals surface area contributed by atoms with Crippen LogP contribution in [0.2, 0.25) is 10.0 Å². The molecule has 0 aliphatic carbocycles. The molecule has 178 valence electrons. The molecule has 3 aromatic rings. The number of esters is 1. The van der Waals surface area contributed by atoms with Crippen molar-refractivity contribution in [1.29, 1.82) is 0 Å². The maximum absolute atomic E-state index is 13.2. The first-order chi connectivity index (χ1) is 16.2. The van der Waals surface area contributed by atoms with Crippen LogP contribution in [0.3, 0.4) is 0 Å². The molecular formula is C25H21Cl2F3N2O2. The molecule has 1 fully saturated rings. The highest BCUT2D eigenvalue weighted by molar-refractivity contribution is 6.42. The zero-order valence-electron chi connectivity index (χ0n) is 17.8. The molecule has 1 aliphatic rings. The minimum absolute atomic E-state index is 0.0133. The SMILES string of the molecule is O=C(OC1(CCc2ccc(Cl)c(Cl)c2)NC(c2ccccc2)C(c2ccccc2)N1)C(F)(F)F. The summed E-state index contributed by atoms with van der Waals surface area (Å²) in [5.74, 6) is -4.05. The van der Waals surface area contributed by atoms with Gasteiger partial charge in [0.15, 0.2) is 0 Å². The second kappa shape index (κ2) is 9.96. The van der Waals surface area contributed by atoms with E-state index in [1.807, 2.05) is 60.7 Å². The van der Waals surface area contributed by atoms with Gasteiger partial charge < -0.3 is 4.74 Å². The normalized spacial score (nSPS) is 22.5. The number of carbonyl (C=O) groups excluding carboxylic acids is 1. The number of benzene rings is 3. The third-order valence-electron chi connectivity index (χ3n) is 5.68. The average Bonchev–Trinajstić information content (AvgIpc) is 3.20. The van der Waals surface area contributed by atoms with Crippen LogP contribution in [0.5, 0.6) is 0 Å². The largest absolute Gasteiger partial charge is 0.491 e. The Hall–Kier alpha value is -2.58. The van der Waals surface area contributed by atoms with Gasteiger partial charge >= 0.3 is 12.1 Å². The summed E-state index contributed by atoms with van der Waals surface area (Å²) >= 11 is 12.1. The van der Waals surface area contributed by atoms with Gasteiger partial charge in [-0.25, -0.2) is 4.79 Å². The fraction of sp³-hybridized carbons (Fsp3) is 0.240. The van der Waals surface area contributed by atoms with Gasteiger partial charge in [-0.15, -0.1) is 0 Å². The number of carbonyl (C=O) groups is 1. The van der Waals surface area contributed by atoms with Crippen molar-refractivity contribution in [2.24, 2.45) is 0 Å². The highest BCUT2D eigenvalue weighted by Gasteiger charge is 2.52. The van der Waals surface area contributed by atoms with Gasteiger partial charge in [0.1, 0.15) is 0 Å². The Balaban J connectivity index is 1.70. The molecule has 0 bridgehead atoms. The minimum Gasteiger partial charge on any atom is -0.424 e. The van der Waals surface area contributed by atoms with Gasteiger partial charge in [-0.05, 0) is 35.2 Å². The second-order valence-electron chi connectivity index (χ2n) is 8.03. The van der Waals surface area contributed by atoms with Crippen molar-refractivity contribution in [3.8, 4) is 0 Å². The number of hydrogen-bond acceptors (Lipinski definition) is 4. The fourth-order valence-corrected chi connectivity index (χ4v) is 4.39. The topological polar surface area (TPSA) is 50.4 Å². The Labute approximate surface area is 205 Å². The Bertz CT molecular complexity index is 1100. The van der Waals surface area contributed by atoms with E-state index >= 15 is 0 Å². The molecule has 1 heterocycles. The van der Waals surface area contributed by atoms with Crippen LogP contribution in [0.15, 0.2) is 78.9 Å². The summed E-state index contributed by atoms with van der Waals surface area (Å²) < 4.78 is 44.7. The van der Waals surface area contributed by atoms with Crippen molar-refractivity contribution in [2.75, 3.05) is 0 Å². The summed E-state index contributed by atoms with van der Waals surface area (Å²) in [5.41, 5.74) is 2.41. The zero-order chi connectivity index (χ0) is 24.3. The van der Waals surface area contributed by atoms with Crippen LogP contribution >= 0.6 is 23.2 Å². The lowest BCUT2D eigenvalue weighted by atomic mass is 9.95. The van der Waals surface area contributed by atoms with Crippen LogP contribution in [0.25, 0.3) is 0 Å². The third kappa shape index (κ3) is 5.55. The Morgan fingerprint density at radius 3 is 1.85 bits per heavy atom. The summed E-state index contributed by atoms with van der Waals surface area (Å²) in [6.45, 7) is 0. The summed E-state index contributed by atoms with van der Waals surface area (Å²) in [7, 11) is 0. The van der Waals surface area contributed by atoms with E-state index in [2.05, 4.69) is 10.6 Å². The standard InChI is InChI=1S/C25H21Cl2F3N2O2/c26-19-12-11-16(15-20(19)27)13-14-24(34-23(33)25(28,29)30)31-21(17-7-3-1-4-8-17)22(32-24)18-9-5-2-6-10-18/h1-12,15,21-22,31-32H,13-14H2. The average molecular weight is 509 g/mol. The van der Waals surface area contributed by atoms with Crippen LogP contribution < -0.4 is 10.6 Å². The molecule has 1 saturated heterocycles. The molecular weight excluding hydrogens is 488 g/mol. The highest BCUT2D eigenvalue weighted by atomic mass is 35.5. The monoisotopic (exact) mass is 508 g/mol. The van der Waals surface area contributed by atoms with Crippen LogP contribution in [0, 0.1) is 0 Å². The lowest BCUT2D eigenvalue weighted by Crippen LogP contribution is -2.55. The van der Waals surface area contributed by atoms with Crippen molar-refractivity contribution < 1.29 is 22.7 Å². The lowest BCUT2D eigenvalue weighted by molar-refractivity contribution is -0.219. The van der Waals surface area contributed by atoms with E-state index in [1.165, 1.54) is 0 Å². The van der Waals surface area contributed by atoms with Gasteiger partial charge in [-0.3, -0.25) is 10.6 Å². The maximum atomic E-state index is 13.2. The molecule has 0 aromatic heterocycles. The zero-order valence-corrected chi connectivity index (χ0v) is 19.3. The number of aryl methyl sites for hydroxylation is 1. The number of nitrogens with one attached hydrogen (secondary N) is 2. The molecule has 0 radical (unpaired) electrons. The first-order valence-corrected chi connectivity index (χ1v) is 11.3. The van der Waals surface area contributed by atoms with Gasteiger partial charge in [-0.1, -0.05) is 89.9 Å². The van der Waals surface area contributed by atoms with Crippen LogP contribution in [0.1, 0.15) is 35.2 Å². The van der Waals surface area contributed by atoms with Crippen molar-refractivity contribution in [3.63, 3.8) is 0 Å². The van der Waals surface area contributed by atoms with Gasteiger partial charge in [0, 0.05) is 6.42 Å². The molecule has 4 nitrogen and oxygen atoms in total. The molecule has 0 amide bonds. The van der Waals surface area contributed by atoms with Crippen LogP contribution in [-0.4, -0.2) is 18.0 Å². The number of ether oxygens (including phenoxy) is 1. The lowest BCUT2D eigenvalue weighted by Gasteiger charge is -2.31. The first kappa shape index (κ1) is 24.5. The van der Waals surface area contributed by atoms with E-state index in [1.54, 1.807) is 18.2 Å². The maximum Gasteiger partial charge on any atom is 0.491 e. The number of halogens is 5. The van der Waals surface area contributed by atoms with Crippen LogP contribution in [0.4, 0.5) is 13.2 Å². The second-order valence-corrected chi connectivity index (χ2v) is 8.84. The Morgan fingerprint density at radius 2 is 1.38 bits per heavy atom. The molecule has 3 aromatic carbocycles. The van der Waals surface area contributed by atoms with Gasteiger partial charge in [0.25, 0.3) is 0 Å². The van der Waals surface area contributed by atoms with Crippen molar-refractivity contribution in [2.45, 2.75) is 37.0 Å². The van der Waals surface area contributed by atoms with E-state index in [0.717, 1.165) is 16.7 Å². The van der Waals surface area contributed by atoms with Gasteiger partial charge in [0.05, 0.1) is 22.1 Å². The van der Waals surface area contributed by atoms with Gasteiger partial charge in [0.2, 0.25) is 5.85 Å². The Kier molecular flexibility index (Phi) is 7.19. The predicted octanol–water partition coefficient (Wildman–Crippen LogP) is 6.36. The molecule has 1 aliphatic heterocycles. The Morgan fingerprint density at radius 1 is 0.853 bits per heavy atom. The summed E-state index contributed by atoms with van der Waals surface area (Å²) in [6, 6.07) is 22.6. The molecule has 4 rings (SSSR count). The third-order valence-corrected chi connectivity index (χ3v) is 6.42. The first-order valence-electron chi connectivity index (χ1n) is 10.6. The quantitative estimate of drug-likeness (QED) is 0.380. The smallest absolute Gasteiger partial charge is 0.424 e. The highest BCUT2D eigenvalue weighted by Crippen LogP contribution is 2.40. The molecule has 0 saturated carbocycles. The molecule has 2 N–H and O–H groups in total. The molecule has 2 atom stereocenters. The summed E-state index contributed by atoms with van der Waals surface area (Å²) in [5, 5.41) is 7.01. The van der Waals surface area contributed by atoms with Gasteiger partial charge in [-0.2, -0.15) is 13.2 Å². The predicted molar refractivity (Wildman–Crippen MR) is 124 cm³/mol. The molecule has 34 heavy (non-hydrogen) atoms. The molecule has 9 heteroatoms. The molecule has 2 unspecified atom stereocenters. The number of alkyl halides is 3. The van der Waals surface area contributed by atoms with E-state index in [9.17, 15) is 18.0 Å². The van der Waals surface area contributed by atoms with Crippen LogP contribution in [-0.2, 0) is 16.0 Å². The summed E-state index contributed by atoms with van der Waals surface area (Å²) in [6.07, 6.45) is -4.86. The van der Waals surface area contributed by atoms with Crippen molar-refractivity contribution in [3.05, 3.63) is 106 Å². The fourth-order valence-electron chi connectivity index (χ4n) is 4.07. The van der Waals surface area contributed by atoms with Crippen molar-refractivity contribution >= 4 is 29.2 Å². The van der Waals surface area contributed by atoms with E-state index in [4.69, 9.17) is 27.9 Å². The van der Waals surface area contributed by atoms with E-state index < -0.39 is 30.1 Å². The number of rotatable bonds is 6. The van der Waals surface area contributed by atoms with E-state index in [0.29, 0.717) is 10.0 Å². The number of hydrogen-bond donors (Lipinski definition) is 2. The van der Waals surface area contributed by atoms with E-state index in [-0.39, 0.29) is 12.8 Å². The summed E-state index contributed by atoms with van der Waals surface area (Å²) in [4.78, 5) is 12.0. The minimum atomic E-state index is -5.15. The van der Waals surface area contributed by atoms with Crippen molar-refractivity contribution in [1.82, 2.24) is 10.6 Å². The molecule has 0 spiro atoms.